The number of aromatic nitrogens is 3. The van der Waals surface area contributed by atoms with Crippen LogP contribution < -0.4 is 15.2 Å². The zero-order valence-electron chi connectivity index (χ0n) is 22.1. The van der Waals surface area contributed by atoms with E-state index >= 15 is 0 Å². The van der Waals surface area contributed by atoms with E-state index < -0.39 is 10.0 Å². The highest BCUT2D eigenvalue weighted by molar-refractivity contribution is 9.10. The standard InChI is InChI=1S/C16H16N4O.C12H17BrN2O2S/c1-3-21-15-9-13-14(19-20-16(17)18-13)8-12(15)11-7-5-4-6-10(11)2;13-11-3-5-12(6-4-11)18(16,17)14-7-10-15-8-1-2-9-15/h4-9H,3H2,1-2H3,(H2,17,18,20);3-6,14H,1-2,7-10H2. The van der Waals surface area contributed by atoms with Crippen molar-refractivity contribution in [2.24, 2.45) is 0 Å². The van der Waals surface area contributed by atoms with E-state index in [-0.39, 0.29) is 5.95 Å². The van der Waals surface area contributed by atoms with Gasteiger partial charge in [0.1, 0.15) is 11.3 Å². The van der Waals surface area contributed by atoms with Crippen LogP contribution in [0.1, 0.15) is 25.3 Å². The Bertz CT molecular complexity index is 1510. The number of nitrogen functional groups attached to an aromatic ring is 1. The van der Waals surface area contributed by atoms with Crippen molar-refractivity contribution in [3.05, 3.63) is 70.7 Å². The summed E-state index contributed by atoms with van der Waals surface area (Å²) in [4.78, 5) is 6.79. The van der Waals surface area contributed by atoms with Gasteiger partial charge in [-0.25, -0.2) is 18.1 Å². The number of sulfonamides is 1. The first-order chi connectivity index (χ1) is 18.8. The van der Waals surface area contributed by atoms with Gasteiger partial charge < -0.3 is 15.4 Å². The molecule has 1 saturated heterocycles. The Morgan fingerprint density at radius 3 is 2.41 bits per heavy atom. The van der Waals surface area contributed by atoms with Gasteiger partial charge in [-0.1, -0.05) is 40.2 Å². The lowest BCUT2D eigenvalue weighted by atomic mass is 9.99. The molecule has 1 aromatic heterocycles. The number of nitrogens with two attached hydrogens (primary N) is 1. The fraction of sp³-hybridized carbons (Fsp3) is 0.321. The van der Waals surface area contributed by atoms with E-state index in [2.05, 4.69) is 59.8 Å². The number of aryl methyl sites for hydroxylation is 1. The van der Waals surface area contributed by atoms with Crippen LogP contribution in [0.2, 0.25) is 0 Å². The second-order valence-corrected chi connectivity index (χ2v) is 11.8. The molecule has 0 radical (unpaired) electrons. The van der Waals surface area contributed by atoms with E-state index in [4.69, 9.17) is 10.5 Å². The van der Waals surface area contributed by atoms with Crippen LogP contribution in [-0.2, 0) is 10.0 Å². The average Bonchev–Trinajstić information content (AvgIpc) is 3.43. The summed E-state index contributed by atoms with van der Waals surface area (Å²) in [5.74, 6) is 0.938. The summed E-state index contributed by atoms with van der Waals surface area (Å²) in [5.41, 5.74) is 10.3. The Balaban J connectivity index is 0.000000183. The lowest BCUT2D eigenvalue weighted by Gasteiger charge is -2.14. The van der Waals surface area contributed by atoms with Gasteiger partial charge in [0.2, 0.25) is 16.0 Å². The van der Waals surface area contributed by atoms with E-state index in [0.717, 1.165) is 41.0 Å². The first kappa shape index (κ1) is 28.9. The third-order valence-electron chi connectivity index (χ3n) is 6.35. The number of nitrogens with one attached hydrogen (secondary N) is 1. The monoisotopic (exact) mass is 612 g/mol. The highest BCUT2D eigenvalue weighted by Gasteiger charge is 2.16. The zero-order chi connectivity index (χ0) is 27.8. The summed E-state index contributed by atoms with van der Waals surface area (Å²) in [7, 11) is -3.37. The molecule has 1 aliphatic heterocycles. The SMILES string of the molecule is CCOc1cc2nc(N)nnc2cc1-c1ccccc1C.O=S(=O)(NCCN1CCCC1)c1ccc(Br)cc1. The van der Waals surface area contributed by atoms with Crippen LogP contribution in [0.15, 0.2) is 70.0 Å². The van der Waals surface area contributed by atoms with Crippen LogP contribution >= 0.6 is 15.9 Å². The highest BCUT2D eigenvalue weighted by Crippen LogP contribution is 2.35. The topological polar surface area (TPSA) is 123 Å². The molecular formula is C28H33BrN6O3S. The fourth-order valence-electron chi connectivity index (χ4n) is 4.38. The van der Waals surface area contributed by atoms with E-state index in [1.165, 1.54) is 18.4 Å². The third kappa shape index (κ3) is 7.72. The van der Waals surface area contributed by atoms with E-state index in [0.29, 0.717) is 29.1 Å². The summed E-state index contributed by atoms with van der Waals surface area (Å²) in [6.07, 6.45) is 2.44. The maximum absolute atomic E-state index is 12.0. The second-order valence-electron chi connectivity index (χ2n) is 9.16. The molecule has 5 rings (SSSR count). The van der Waals surface area contributed by atoms with Crippen molar-refractivity contribution < 1.29 is 13.2 Å². The number of ether oxygens (including phenoxy) is 1. The van der Waals surface area contributed by atoms with Crippen LogP contribution in [0.5, 0.6) is 5.75 Å². The molecule has 2 heterocycles. The molecular weight excluding hydrogens is 580 g/mol. The Labute approximate surface area is 238 Å². The fourth-order valence-corrected chi connectivity index (χ4v) is 5.67. The Hall–Kier alpha value is -3.12. The maximum atomic E-state index is 12.0. The van der Waals surface area contributed by atoms with Crippen LogP contribution in [-0.4, -0.2) is 61.3 Å². The van der Waals surface area contributed by atoms with Gasteiger partial charge in [0, 0.05) is 29.2 Å². The summed E-state index contributed by atoms with van der Waals surface area (Å²) >= 11 is 3.29. The second kappa shape index (κ2) is 13.3. The molecule has 0 aliphatic carbocycles. The zero-order valence-corrected chi connectivity index (χ0v) is 24.5. The van der Waals surface area contributed by atoms with Gasteiger partial charge in [-0.15, -0.1) is 10.2 Å². The molecule has 0 saturated carbocycles. The number of anilines is 1. The van der Waals surface area contributed by atoms with Gasteiger partial charge in [-0.05, 0) is 81.2 Å². The lowest BCUT2D eigenvalue weighted by Crippen LogP contribution is -2.33. The Kier molecular flexibility index (Phi) is 9.84. The predicted octanol–water partition coefficient (Wildman–Crippen LogP) is 4.80. The molecule has 4 aromatic rings. The minimum absolute atomic E-state index is 0.161. The van der Waals surface area contributed by atoms with Crippen LogP contribution in [0.3, 0.4) is 0 Å². The number of benzene rings is 3. The molecule has 39 heavy (non-hydrogen) atoms. The van der Waals surface area contributed by atoms with Crippen molar-refractivity contribution >= 4 is 42.9 Å². The normalized spacial score (nSPS) is 13.7. The van der Waals surface area contributed by atoms with Crippen molar-refractivity contribution in [2.45, 2.75) is 31.6 Å². The van der Waals surface area contributed by atoms with Crippen LogP contribution in [0.4, 0.5) is 5.95 Å². The molecule has 1 fully saturated rings. The summed E-state index contributed by atoms with van der Waals surface area (Å²) in [6, 6.07) is 18.6. The molecule has 0 atom stereocenters. The van der Waals surface area contributed by atoms with Crippen molar-refractivity contribution in [3.8, 4) is 16.9 Å². The molecule has 0 bridgehead atoms. The van der Waals surface area contributed by atoms with Gasteiger partial charge >= 0.3 is 0 Å². The van der Waals surface area contributed by atoms with Crippen molar-refractivity contribution in [1.82, 2.24) is 24.8 Å². The Morgan fingerprint density at radius 2 is 1.72 bits per heavy atom. The average molecular weight is 614 g/mol. The first-order valence-electron chi connectivity index (χ1n) is 12.9. The third-order valence-corrected chi connectivity index (χ3v) is 8.36. The van der Waals surface area contributed by atoms with E-state index in [9.17, 15) is 8.42 Å². The largest absolute Gasteiger partial charge is 0.493 e. The minimum Gasteiger partial charge on any atom is -0.493 e. The van der Waals surface area contributed by atoms with E-state index in [1.807, 2.05) is 31.2 Å². The molecule has 9 nitrogen and oxygen atoms in total. The number of fused-ring (bicyclic) bond motifs is 1. The van der Waals surface area contributed by atoms with Gasteiger partial charge in [0.25, 0.3) is 0 Å². The van der Waals surface area contributed by atoms with Crippen molar-refractivity contribution in [3.63, 3.8) is 0 Å². The summed E-state index contributed by atoms with van der Waals surface area (Å²) < 4.78 is 33.2. The first-order valence-corrected chi connectivity index (χ1v) is 15.1. The van der Waals surface area contributed by atoms with Gasteiger partial charge in [-0.2, -0.15) is 0 Å². The number of hydrogen-bond donors (Lipinski definition) is 2. The smallest absolute Gasteiger partial charge is 0.240 e. The molecule has 3 aromatic carbocycles. The highest BCUT2D eigenvalue weighted by atomic mass is 79.9. The summed E-state index contributed by atoms with van der Waals surface area (Å²) in [6.45, 7) is 8.03. The molecule has 206 valence electrons. The minimum atomic E-state index is -3.37. The van der Waals surface area contributed by atoms with Gasteiger partial charge in [0.15, 0.2) is 0 Å². The molecule has 1 aliphatic rings. The van der Waals surface area contributed by atoms with Crippen LogP contribution in [0.25, 0.3) is 22.2 Å². The molecule has 0 unspecified atom stereocenters. The number of halogens is 1. The lowest BCUT2D eigenvalue weighted by molar-refractivity contribution is 0.342. The van der Waals surface area contributed by atoms with Crippen molar-refractivity contribution in [2.75, 3.05) is 38.5 Å². The number of likely N-dealkylation sites (tertiary alicyclic amines) is 1. The molecule has 0 spiro atoms. The number of rotatable bonds is 8. The predicted molar refractivity (Wildman–Crippen MR) is 158 cm³/mol. The quantitative estimate of drug-likeness (QED) is 0.291. The molecule has 0 amide bonds. The number of nitrogens with zero attached hydrogens (tertiary/aromatic N) is 4. The van der Waals surface area contributed by atoms with Gasteiger partial charge in [-0.3, -0.25) is 0 Å². The molecule has 11 heteroatoms. The van der Waals surface area contributed by atoms with Crippen LogP contribution in [0, 0.1) is 6.92 Å². The Morgan fingerprint density at radius 1 is 1.00 bits per heavy atom. The number of hydrogen-bond acceptors (Lipinski definition) is 8. The summed E-state index contributed by atoms with van der Waals surface area (Å²) in [5, 5.41) is 7.92. The molecule has 3 N–H and O–H groups in total. The van der Waals surface area contributed by atoms with Crippen molar-refractivity contribution in [1.29, 1.82) is 0 Å². The van der Waals surface area contributed by atoms with E-state index in [1.54, 1.807) is 24.3 Å². The van der Waals surface area contributed by atoms with Gasteiger partial charge in [0.05, 0.1) is 17.0 Å². The maximum Gasteiger partial charge on any atom is 0.240 e.